The fourth-order valence-electron chi connectivity index (χ4n) is 1.40. The SMILES string of the molecule is CCC(C)NC(N)=NCCc1cccc(Cl)c1.I. The smallest absolute Gasteiger partial charge is 0.188 e. The fourth-order valence-corrected chi connectivity index (χ4v) is 1.61. The third-order valence-electron chi connectivity index (χ3n) is 2.58. The molecule has 1 unspecified atom stereocenters. The third-order valence-corrected chi connectivity index (χ3v) is 2.81. The van der Waals surface area contributed by atoms with Gasteiger partial charge in [0.2, 0.25) is 0 Å². The zero-order valence-electron chi connectivity index (χ0n) is 10.8. The average Bonchev–Trinajstić information content (AvgIpc) is 2.29. The van der Waals surface area contributed by atoms with Crippen LogP contribution in [0.15, 0.2) is 29.3 Å². The van der Waals surface area contributed by atoms with E-state index < -0.39 is 0 Å². The Morgan fingerprint density at radius 1 is 1.50 bits per heavy atom. The molecule has 1 rings (SSSR count). The molecule has 0 spiro atoms. The lowest BCUT2D eigenvalue weighted by Gasteiger charge is -2.11. The number of nitrogens with one attached hydrogen (secondary N) is 1. The van der Waals surface area contributed by atoms with E-state index in [9.17, 15) is 0 Å². The molecule has 3 nitrogen and oxygen atoms in total. The molecule has 0 bridgehead atoms. The summed E-state index contributed by atoms with van der Waals surface area (Å²) in [7, 11) is 0. The van der Waals surface area contributed by atoms with Crippen molar-refractivity contribution in [3.8, 4) is 0 Å². The highest BCUT2D eigenvalue weighted by molar-refractivity contribution is 14.0. The number of hydrogen-bond acceptors (Lipinski definition) is 1. The molecule has 5 heteroatoms. The molecule has 3 N–H and O–H groups in total. The number of halogens is 2. The molecule has 0 aliphatic rings. The van der Waals surface area contributed by atoms with Crippen LogP contribution >= 0.6 is 35.6 Å². The highest BCUT2D eigenvalue weighted by atomic mass is 127. The second-order valence-corrected chi connectivity index (χ2v) is 4.54. The minimum Gasteiger partial charge on any atom is -0.370 e. The lowest BCUT2D eigenvalue weighted by Crippen LogP contribution is -2.38. The molecule has 102 valence electrons. The van der Waals surface area contributed by atoms with Crippen molar-refractivity contribution in [1.82, 2.24) is 5.32 Å². The van der Waals surface area contributed by atoms with E-state index in [0.29, 0.717) is 18.5 Å². The molecule has 0 saturated carbocycles. The van der Waals surface area contributed by atoms with Gasteiger partial charge >= 0.3 is 0 Å². The molecule has 0 radical (unpaired) electrons. The average molecular weight is 382 g/mol. The maximum absolute atomic E-state index is 5.90. The summed E-state index contributed by atoms with van der Waals surface area (Å²) in [5, 5.41) is 3.89. The first-order valence-electron chi connectivity index (χ1n) is 5.92. The highest BCUT2D eigenvalue weighted by Crippen LogP contribution is 2.10. The molecule has 0 saturated heterocycles. The quantitative estimate of drug-likeness (QED) is 0.467. The van der Waals surface area contributed by atoms with Gasteiger partial charge in [0.05, 0.1) is 0 Å². The highest BCUT2D eigenvalue weighted by Gasteiger charge is 1.98. The van der Waals surface area contributed by atoms with E-state index in [-0.39, 0.29) is 24.0 Å². The summed E-state index contributed by atoms with van der Waals surface area (Å²) in [4.78, 5) is 4.28. The minimum atomic E-state index is 0. The summed E-state index contributed by atoms with van der Waals surface area (Å²) in [5.74, 6) is 0.515. The predicted octanol–water partition coefficient (Wildman–Crippen LogP) is 3.20. The maximum atomic E-state index is 5.90. The number of guanidine groups is 1. The van der Waals surface area contributed by atoms with Gasteiger partial charge in [-0.3, -0.25) is 4.99 Å². The van der Waals surface area contributed by atoms with Crippen molar-refractivity contribution >= 4 is 41.5 Å². The Bertz CT molecular complexity index is 382. The second-order valence-electron chi connectivity index (χ2n) is 4.10. The van der Waals surface area contributed by atoms with Gasteiger partial charge in [0.1, 0.15) is 0 Å². The number of rotatable bonds is 5. The molecule has 1 aromatic rings. The van der Waals surface area contributed by atoms with E-state index in [0.717, 1.165) is 17.9 Å². The van der Waals surface area contributed by atoms with E-state index in [2.05, 4.69) is 24.2 Å². The van der Waals surface area contributed by atoms with Gasteiger partial charge in [0.15, 0.2) is 5.96 Å². The zero-order valence-corrected chi connectivity index (χ0v) is 13.9. The van der Waals surface area contributed by atoms with Crippen LogP contribution in [0.25, 0.3) is 0 Å². The second kappa shape index (κ2) is 9.44. The van der Waals surface area contributed by atoms with Crippen molar-refractivity contribution in [1.29, 1.82) is 0 Å². The number of benzene rings is 1. The lowest BCUT2D eigenvalue weighted by atomic mass is 10.1. The first-order valence-corrected chi connectivity index (χ1v) is 6.30. The van der Waals surface area contributed by atoms with Crippen LogP contribution < -0.4 is 11.1 Å². The van der Waals surface area contributed by atoms with E-state index in [1.807, 2.05) is 24.3 Å². The monoisotopic (exact) mass is 381 g/mol. The van der Waals surface area contributed by atoms with Crippen LogP contribution in [0.2, 0.25) is 5.02 Å². The van der Waals surface area contributed by atoms with Gasteiger partial charge in [-0.05, 0) is 37.5 Å². The Morgan fingerprint density at radius 2 is 2.22 bits per heavy atom. The van der Waals surface area contributed by atoms with Crippen molar-refractivity contribution < 1.29 is 0 Å². The van der Waals surface area contributed by atoms with E-state index in [4.69, 9.17) is 17.3 Å². The molecule has 0 aliphatic carbocycles. The number of nitrogens with zero attached hydrogens (tertiary/aromatic N) is 1. The van der Waals surface area contributed by atoms with E-state index in [1.54, 1.807) is 0 Å². The van der Waals surface area contributed by atoms with Gasteiger partial charge in [-0.25, -0.2) is 0 Å². The molecule has 0 amide bonds. The number of nitrogens with two attached hydrogens (primary N) is 1. The Labute approximate surface area is 131 Å². The first-order chi connectivity index (χ1) is 8.11. The van der Waals surface area contributed by atoms with E-state index >= 15 is 0 Å². The van der Waals surface area contributed by atoms with Gasteiger partial charge in [-0.2, -0.15) is 0 Å². The Hall–Kier alpha value is -0.490. The van der Waals surface area contributed by atoms with Crippen LogP contribution in [0.5, 0.6) is 0 Å². The largest absolute Gasteiger partial charge is 0.370 e. The third kappa shape index (κ3) is 7.06. The summed E-state index contributed by atoms with van der Waals surface area (Å²) in [6, 6.07) is 8.18. The van der Waals surface area contributed by atoms with Crippen LogP contribution in [0.1, 0.15) is 25.8 Å². The predicted molar refractivity (Wildman–Crippen MR) is 89.9 cm³/mol. The van der Waals surface area contributed by atoms with Crippen molar-refractivity contribution in [2.45, 2.75) is 32.7 Å². The van der Waals surface area contributed by atoms with Crippen LogP contribution in [0.4, 0.5) is 0 Å². The van der Waals surface area contributed by atoms with Gasteiger partial charge in [-0.1, -0.05) is 30.7 Å². The van der Waals surface area contributed by atoms with Crippen LogP contribution in [-0.2, 0) is 6.42 Å². The van der Waals surface area contributed by atoms with Crippen LogP contribution in [0.3, 0.4) is 0 Å². The summed E-state index contributed by atoms with van der Waals surface area (Å²) >= 11 is 5.90. The lowest BCUT2D eigenvalue weighted by molar-refractivity contribution is 0.636. The first kappa shape index (κ1) is 17.5. The Morgan fingerprint density at radius 3 is 2.83 bits per heavy atom. The van der Waals surface area contributed by atoms with Crippen LogP contribution in [-0.4, -0.2) is 18.5 Å². The molecule has 1 atom stereocenters. The molecule has 0 fully saturated rings. The van der Waals surface area contributed by atoms with Crippen molar-refractivity contribution in [3.05, 3.63) is 34.9 Å². The van der Waals surface area contributed by atoms with Gasteiger partial charge in [0, 0.05) is 17.6 Å². The molecule has 0 heterocycles. The van der Waals surface area contributed by atoms with Crippen molar-refractivity contribution in [2.75, 3.05) is 6.54 Å². The summed E-state index contributed by atoms with van der Waals surface area (Å²) in [5.41, 5.74) is 6.94. The molecule has 1 aromatic carbocycles. The maximum Gasteiger partial charge on any atom is 0.188 e. The molecular weight excluding hydrogens is 361 g/mol. The Balaban J connectivity index is 0.00000289. The fraction of sp³-hybridized carbons (Fsp3) is 0.462. The molecule has 18 heavy (non-hydrogen) atoms. The van der Waals surface area contributed by atoms with Crippen molar-refractivity contribution in [3.63, 3.8) is 0 Å². The normalized spacial score (nSPS) is 12.7. The number of hydrogen-bond donors (Lipinski definition) is 2. The van der Waals surface area contributed by atoms with Gasteiger partial charge in [0.25, 0.3) is 0 Å². The minimum absolute atomic E-state index is 0. The number of aliphatic imine (C=N–C) groups is 1. The summed E-state index contributed by atoms with van der Waals surface area (Å²) < 4.78 is 0. The Kier molecular flexibility index (Phi) is 9.18. The van der Waals surface area contributed by atoms with Gasteiger partial charge < -0.3 is 11.1 Å². The van der Waals surface area contributed by atoms with Crippen molar-refractivity contribution in [2.24, 2.45) is 10.7 Å². The topological polar surface area (TPSA) is 50.4 Å². The standard InChI is InChI=1S/C13H20ClN3.HI/c1-3-10(2)17-13(15)16-8-7-11-5-4-6-12(14)9-11;/h4-6,9-10H,3,7-8H2,1-2H3,(H3,15,16,17);1H. The molecular formula is C13H21ClIN3. The summed E-state index contributed by atoms with van der Waals surface area (Å²) in [6.45, 7) is 4.87. The summed E-state index contributed by atoms with van der Waals surface area (Å²) in [6.07, 6.45) is 1.88. The van der Waals surface area contributed by atoms with Crippen LogP contribution in [0, 0.1) is 0 Å². The molecule has 0 aromatic heterocycles. The van der Waals surface area contributed by atoms with Gasteiger partial charge in [-0.15, -0.1) is 24.0 Å². The molecule has 0 aliphatic heterocycles. The zero-order chi connectivity index (χ0) is 12.7. The van der Waals surface area contributed by atoms with E-state index in [1.165, 1.54) is 5.56 Å².